The Bertz CT molecular complexity index is 903. The van der Waals surface area contributed by atoms with Crippen LogP contribution in [0.5, 0.6) is 0 Å². The monoisotopic (exact) mass is 321 g/mol. The second-order valence-electron chi connectivity index (χ2n) is 5.80. The number of nitrogens with zero attached hydrogens (tertiary/aromatic N) is 2. The van der Waals surface area contributed by atoms with Crippen LogP contribution in [0.15, 0.2) is 65.7 Å². The second kappa shape index (κ2) is 7.08. The smallest absolute Gasteiger partial charge is 0.270 e. The van der Waals surface area contributed by atoms with Gasteiger partial charge in [-0.1, -0.05) is 36.4 Å². The summed E-state index contributed by atoms with van der Waals surface area (Å²) in [6.45, 7) is 1.94. The molecule has 3 aromatic rings. The van der Waals surface area contributed by atoms with Crippen LogP contribution in [0.4, 0.5) is 0 Å². The van der Waals surface area contributed by atoms with Crippen molar-refractivity contribution in [3.63, 3.8) is 0 Å². The fourth-order valence-corrected chi connectivity index (χ4v) is 2.58. The van der Waals surface area contributed by atoms with Crippen molar-refractivity contribution in [2.24, 2.45) is 0 Å². The number of carbonyl (C=O) groups excluding carboxylic acids is 1. The number of amides is 1. The Labute approximate surface area is 140 Å². The predicted molar refractivity (Wildman–Crippen MR) is 93.2 cm³/mol. The Kier molecular flexibility index (Phi) is 4.70. The Hall–Kier alpha value is -2.95. The molecule has 0 radical (unpaired) electrons. The lowest BCUT2D eigenvalue weighted by Gasteiger charge is -2.13. The molecule has 1 aromatic carbocycles. The maximum absolute atomic E-state index is 12.4. The number of aryl methyl sites for hydroxylation is 1. The third kappa shape index (κ3) is 3.51. The molecule has 2 aromatic heterocycles. The quantitative estimate of drug-likeness (QED) is 0.785. The van der Waals surface area contributed by atoms with Crippen molar-refractivity contribution in [3.05, 3.63) is 82.4 Å². The molecule has 0 fully saturated rings. The van der Waals surface area contributed by atoms with Crippen molar-refractivity contribution in [1.82, 2.24) is 14.7 Å². The SMILES string of the molecule is C[C@@H](CCc1ccccc1)NC(=O)c1cnc2ccccn2c1=O. The van der Waals surface area contributed by atoms with Gasteiger partial charge in [-0.15, -0.1) is 0 Å². The van der Waals surface area contributed by atoms with E-state index in [-0.39, 0.29) is 23.1 Å². The largest absolute Gasteiger partial charge is 0.349 e. The zero-order valence-electron chi connectivity index (χ0n) is 13.5. The van der Waals surface area contributed by atoms with Crippen LogP contribution < -0.4 is 10.9 Å². The third-order valence-corrected chi connectivity index (χ3v) is 3.94. The number of pyridine rings is 1. The molecule has 0 saturated carbocycles. The maximum atomic E-state index is 12.4. The minimum absolute atomic E-state index is 0.0337. The second-order valence-corrected chi connectivity index (χ2v) is 5.80. The van der Waals surface area contributed by atoms with Gasteiger partial charge in [-0.25, -0.2) is 4.98 Å². The highest BCUT2D eigenvalue weighted by Crippen LogP contribution is 2.05. The molecule has 0 bridgehead atoms. The molecule has 0 unspecified atom stereocenters. The first-order chi connectivity index (χ1) is 11.6. The van der Waals surface area contributed by atoms with Gasteiger partial charge in [0.25, 0.3) is 11.5 Å². The lowest BCUT2D eigenvalue weighted by atomic mass is 10.1. The van der Waals surface area contributed by atoms with Crippen LogP contribution in [0.1, 0.15) is 29.3 Å². The van der Waals surface area contributed by atoms with Gasteiger partial charge in [-0.3, -0.25) is 14.0 Å². The molecule has 1 amide bonds. The van der Waals surface area contributed by atoms with Gasteiger partial charge >= 0.3 is 0 Å². The number of rotatable bonds is 5. The number of carbonyl (C=O) groups is 1. The first-order valence-electron chi connectivity index (χ1n) is 7.96. The first kappa shape index (κ1) is 15.9. The summed E-state index contributed by atoms with van der Waals surface area (Å²) in [7, 11) is 0. The van der Waals surface area contributed by atoms with E-state index < -0.39 is 0 Å². The van der Waals surface area contributed by atoms with Crippen molar-refractivity contribution in [2.45, 2.75) is 25.8 Å². The zero-order chi connectivity index (χ0) is 16.9. The molecule has 0 spiro atoms. The lowest BCUT2D eigenvalue weighted by molar-refractivity contribution is 0.0936. The van der Waals surface area contributed by atoms with Gasteiger partial charge in [-0.2, -0.15) is 0 Å². The zero-order valence-corrected chi connectivity index (χ0v) is 13.5. The van der Waals surface area contributed by atoms with Crippen LogP contribution in [0, 0.1) is 0 Å². The molecule has 0 saturated heterocycles. The van der Waals surface area contributed by atoms with E-state index in [0.29, 0.717) is 5.65 Å². The van der Waals surface area contributed by atoms with E-state index in [0.717, 1.165) is 12.8 Å². The first-order valence-corrected chi connectivity index (χ1v) is 7.96. The Morgan fingerprint density at radius 3 is 2.71 bits per heavy atom. The Balaban J connectivity index is 1.68. The van der Waals surface area contributed by atoms with Gasteiger partial charge < -0.3 is 5.32 Å². The predicted octanol–water partition coefficient (Wildman–Crippen LogP) is 2.45. The molecular weight excluding hydrogens is 302 g/mol. The molecule has 0 aliphatic rings. The Morgan fingerprint density at radius 2 is 1.92 bits per heavy atom. The molecule has 2 heterocycles. The molecule has 122 valence electrons. The van der Waals surface area contributed by atoms with Crippen LogP contribution in [0.2, 0.25) is 0 Å². The normalized spacial score (nSPS) is 12.0. The van der Waals surface area contributed by atoms with E-state index in [1.807, 2.05) is 25.1 Å². The molecule has 1 N–H and O–H groups in total. The van der Waals surface area contributed by atoms with Crippen molar-refractivity contribution in [3.8, 4) is 0 Å². The summed E-state index contributed by atoms with van der Waals surface area (Å²) in [5, 5.41) is 2.88. The molecule has 1 atom stereocenters. The van der Waals surface area contributed by atoms with Gasteiger partial charge in [-0.05, 0) is 37.5 Å². The molecule has 24 heavy (non-hydrogen) atoms. The van der Waals surface area contributed by atoms with Gasteiger partial charge in [0.1, 0.15) is 11.2 Å². The van der Waals surface area contributed by atoms with Crippen LogP contribution >= 0.6 is 0 Å². The molecule has 0 aliphatic heterocycles. The minimum Gasteiger partial charge on any atom is -0.349 e. The average Bonchev–Trinajstić information content (AvgIpc) is 2.61. The summed E-state index contributed by atoms with van der Waals surface area (Å²) in [4.78, 5) is 28.9. The topological polar surface area (TPSA) is 63.5 Å². The average molecular weight is 321 g/mol. The van der Waals surface area contributed by atoms with Crippen molar-refractivity contribution >= 4 is 11.6 Å². The van der Waals surface area contributed by atoms with Crippen molar-refractivity contribution < 1.29 is 4.79 Å². The van der Waals surface area contributed by atoms with E-state index in [9.17, 15) is 9.59 Å². The van der Waals surface area contributed by atoms with Gasteiger partial charge in [0.15, 0.2) is 0 Å². The Morgan fingerprint density at radius 1 is 1.17 bits per heavy atom. The fourth-order valence-electron chi connectivity index (χ4n) is 2.58. The standard InChI is InChI=1S/C19H19N3O2/c1-14(10-11-15-7-3-2-4-8-15)21-18(23)16-13-20-17-9-5-6-12-22(17)19(16)24/h2-9,12-14H,10-11H2,1H3,(H,21,23)/t14-/m0/s1. The maximum Gasteiger partial charge on any atom is 0.270 e. The number of hydrogen-bond acceptors (Lipinski definition) is 3. The number of hydrogen-bond donors (Lipinski definition) is 1. The molecule has 3 rings (SSSR count). The number of fused-ring (bicyclic) bond motifs is 1. The van der Waals surface area contributed by atoms with Gasteiger partial charge in [0.2, 0.25) is 0 Å². The van der Waals surface area contributed by atoms with Crippen molar-refractivity contribution in [1.29, 1.82) is 0 Å². The highest BCUT2D eigenvalue weighted by molar-refractivity contribution is 5.93. The van der Waals surface area contributed by atoms with Crippen molar-refractivity contribution in [2.75, 3.05) is 0 Å². The molecular formula is C19H19N3O2. The highest BCUT2D eigenvalue weighted by Gasteiger charge is 2.15. The summed E-state index contributed by atoms with van der Waals surface area (Å²) < 4.78 is 1.38. The number of nitrogens with one attached hydrogen (secondary N) is 1. The van der Waals surface area contributed by atoms with Gasteiger partial charge in [0, 0.05) is 18.4 Å². The summed E-state index contributed by atoms with van der Waals surface area (Å²) in [5.74, 6) is -0.383. The molecule has 5 heteroatoms. The lowest BCUT2D eigenvalue weighted by Crippen LogP contribution is -2.37. The number of benzene rings is 1. The summed E-state index contributed by atoms with van der Waals surface area (Å²) in [6, 6.07) is 15.3. The van der Waals surface area contributed by atoms with Crippen LogP contribution in [0.25, 0.3) is 5.65 Å². The van der Waals surface area contributed by atoms with Gasteiger partial charge in [0.05, 0.1) is 0 Å². The highest BCUT2D eigenvalue weighted by atomic mass is 16.2. The number of aromatic nitrogens is 2. The summed E-state index contributed by atoms with van der Waals surface area (Å²) >= 11 is 0. The summed E-state index contributed by atoms with van der Waals surface area (Å²) in [5.41, 5.74) is 1.46. The van der Waals surface area contributed by atoms with E-state index in [1.54, 1.807) is 24.4 Å². The fraction of sp³-hybridized carbons (Fsp3) is 0.211. The third-order valence-electron chi connectivity index (χ3n) is 3.94. The van der Waals surface area contributed by atoms with Crippen LogP contribution in [-0.2, 0) is 6.42 Å². The summed E-state index contributed by atoms with van der Waals surface area (Å²) in [6.07, 6.45) is 4.63. The van der Waals surface area contributed by atoms with E-state index in [4.69, 9.17) is 0 Å². The van der Waals surface area contributed by atoms with Crippen LogP contribution in [-0.4, -0.2) is 21.3 Å². The van der Waals surface area contributed by atoms with Crippen LogP contribution in [0.3, 0.4) is 0 Å². The minimum atomic E-state index is -0.383. The molecule has 5 nitrogen and oxygen atoms in total. The van der Waals surface area contributed by atoms with E-state index >= 15 is 0 Å². The van der Waals surface area contributed by atoms with E-state index in [2.05, 4.69) is 22.4 Å². The molecule has 0 aliphatic carbocycles. The van der Waals surface area contributed by atoms with E-state index in [1.165, 1.54) is 16.2 Å².